The van der Waals surface area contributed by atoms with E-state index in [4.69, 9.17) is 4.74 Å². The summed E-state index contributed by atoms with van der Waals surface area (Å²) >= 11 is 0. The van der Waals surface area contributed by atoms with Crippen molar-refractivity contribution in [3.05, 3.63) is 69.8 Å². The van der Waals surface area contributed by atoms with E-state index in [0.29, 0.717) is 18.9 Å². The molecule has 0 radical (unpaired) electrons. The Hall–Kier alpha value is -3.70. The van der Waals surface area contributed by atoms with Gasteiger partial charge in [-0.15, -0.1) is 0 Å². The number of hydrogen-bond donors (Lipinski definition) is 1. The number of nitrogens with one attached hydrogen (secondary N) is 1. The van der Waals surface area contributed by atoms with Crippen LogP contribution >= 0.6 is 0 Å². The van der Waals surface area contributed by atoms with Gasteiger partial charge in [-0.2, -0.15) is 5.26 Å². The van der Waals surface area contributed by atoms with E-state index in [2.05, 4.69) is 10.2 Å². The summed E-state index contributed by atoms with van der Waals surface area (Å²) < 4.78 is 5.33. The van der Waals surface area contributed by atoms with E-state index in [1.165, 1.54) is 24.3 Å². The summed E-state index contributed by atoms with van der Waals surface area (Å²) in [7, 11) is 0. The summed E-state index contributed by atoms with van der Waals surface area (Å²) in [4.78, 5) is 25.1. The topological polar surface area (TPSA) is 108 Å². The van der Waals surface area contributed by atoms with Crippen LogP contribution in [0, 0.1) is 21.4 Å². The molecule has 0 spiro atoms. The molecule has 28 heavy (non-hydrogen) atoms. The van der Waals surface area contributed by atoms with Crippen molar-refractivity contribution in [2.75, 3.05) is 36.5 Å². The van der Waals surface area contributed by atoms with Crippen LogP contribution in [0.4, 0.5) is 17.1 Å². The summed E-state index contributed by atoms with van der Waals surface area (Å²) in [5.41, 5.74) is 1.37. The first-order valence-corrected chi connectivity index (χ1v) is 8.68. The first-order valence-electron chi connectivity index (χ1n) is 8.68. The van der Waals surface area contributed by atoms with Gasteiger partial charge in [0.1, 0.15) is 11.6 Å². The fourth-order valence-electron chi connectivity index (χ4n) is 2.86. The average molecular weight is 378 g/mol. The van der Waals surface area contributed by atoms with Crippen molar-refractivity contribution in [3.63, 3.8) is 0 Å². The Morgan fingerprint density at radius 3 is 2.50 bits per heavy atom. The maximum atomic E-state index is 12.4. The number of carbonyl (C=O) groups excluding carboxylic acids is 1. The molecule has 0 aromatic heterocycles. The molecule has 1 aliphatic rings. The predicted octanol–water partition coefficient (Wildman–Crippen LogP) is 2.98. The van der Waals surface area contributed by atoms with E-state index < -0.39 is 10.8 Å². The monoisotopic (exact) mass is 378 g/mol. The Kier molecular flexibility index (Phi) is 5.99. The highest BCUT2D eigenvalue weighted by molar-refractivity contribution is 6.10. The number of nitro benzene ring substituents is 1. The number of ether oxygens (including phenoxy) is 1. The molecule has 8 nitrogen and oxygen atoms in total. The summed E-state index contributed by atoms with van der Waals surface area (Å²) in [5, 5.41) is 23.1. The summed E-state index contributed by atoms with van der Waals surface area (Å²) in [5.74, 6) is -0.625. The van der Waals surface area contributed by atoms with E-state index in [-0.39, 0.29) is 16.8 Å². The van der Waals surface area contributed by atoms with E-state index in [0.717, 1.165) is 18.8 Å². The van der Waals surface area contributed by atoms with Gasteiger partial charge in [-0.3, -0.25) is 14.9 Å². The summed E-state index contributed by atoms with van der Waals surface area (Å²) in [6.45, 7) is 2.98. The van der Waals surface area contributed by atoms with Crippen LogP contribution in [-0.4, -0.2) is 37.1 Å². The first kappa shape index (κ1) is 19.1. The third-order valence-corrected chi connectivity index (χ3v) is 4.30. The number of rotatable bonds is 5. The smallest absolute Gasteiger partial charge is 0.276 e. The summed E-state index contributed by atoms with van der Waals surface area (Å²) in [6.07, 6.45) is 1.22. The van der Waals surface area contributed by atoms with Gasteiger partial charge >= 0.3 is 0 Å². The molecule has 0 unspecified atom stereocenters. The fourth-order valence-corrected chi connectivity index (χ4v) is 2.86. The molecule has 1 amide bonds. The van der Waals surface area contributed by atoms with Crippen molar-refractivity contribution in [1.29, 1.82) is 5.26 Å². The zero-order valence-electron chi connectivity index (χ0n) is 15.0. The molecule has 1 heterocycles. The number of morpholine rings is 1. The second-order valence-electron chi connectivity index (χ2n) is 6.09. The SMILES string of the molecule is N#CC(=Cc1ccccc1[N+](=O)[O-])C(=O)Nc1ccc(N2CCOCC2)cc1. The lowest BCUT2D eigenvalue weighted by Crippen LogP contribution is -2.36. The minimum atomic E-state index is -0.625. The largest absolute Gasteiger partial charge is 0.378 e. The number of carbonyl (C=O) groups is 1. The number of anilines is 2. The molecule has 0 aliphatic carbocycles. The normalized spacial score (nSPS) is 14.2. The first-order chi connectivity index (χ1) is 13.6. The molecule has 1 N–H and O–H groups in total. The van der Waals surface area contributed by atoms with Crippen LogP contribution < -0.4 is 10.2 Å². The standard InChI is InChI=1S/C20H18N4O4/c21-14-16(13-15-3-1-2-4-19(15)24(26)27)20(25)22-17-5-7-18(8-6-17)23-9-11-28-12-10-23/h1-8,13H,9-12H2,(H,22,25). The molecule has 1 saturated heterocycles. The van der Waals surface area contributed by atoms with E-state index in [1.54, 1.807) is 24.3 Å². The fraction of sp³-hybridized carbons (Fsp3) is 0.200. The number of nitrogens with zero attached hydrogens (tertiary/aromatic N) is 3. The van der Waals surface area contributed by atoms with Gasteiger partial charge in [0.2, 0.25) is 0 Å². The van der Waals surface area contributed by atoms with Gasteiger partial charge in [-0.05, 0) is 36.4 Å². The van der Waals surface area contributed by atoms with Gasteiger partial charge < -0.3 is 15.0 Å². The Bertz CT molecular complexity index is 941. The van der Waals surface area contributed by atoms with E-state index >= 15 is 0 Å². The molecule has 2 aromatic rings. The van der Waals surface area contributed by atoms with Crippen LogP contribution in [0.2, 0.25) is 0 Å². The lowest BCUT2D eigenvalue weighted by Gasteiger charge is -2.28. The molecule has 0 saturated carbocycles. The summed E-state index contributed by atoms with van der Waals surface area (Å²) in [6, 6.07) is 15.0. The molecule has 1 aliphatic heterocycles. The van der Waals surface area contributed by atoms with Crippen LogP contribution in [0.5, 0.6) is 0 Å². The third-order valence-electron chi connectivity index (χ3n) is 4.30. The van der Waals surface area contributed by atoms with Gasteiger partial charge in [0.05, 0.1) is 23.7 Å². The molecule has 1 fully saturated rings. The lowest BCUT2D eigenvalue weighted by atomic mass is 10.1. The van der Waals surface area contributed by atoms with Crippen molar-refractivity contribution < 1.29 is 14.5 Å². The quantitative estimate of drug-likeness (QED) is 0.371. The van der Waals surface area contributed by atoms with E-state index in [9.17, 15) is 20.2 Å². The van der Waals surface area contributed by atoms with Crippen molar-refractivity contribution in [2.24, 2.45) is 0 Å². The maximum Gasteiger partial charge on any atom is 0.276 e. The van der Waals surface area contributed by atoms with Crippen molar-refractivity contribution in [2.45, 2.75) is 0 Å². The minimum absolute atomic E-state index is 0.169. The van der Waals surface area contributed by atoms with Gasteiger partial charge in [-0.1, -0.05) is 12.1 Å². The van der Waals surface area contributed by atoms with Crippen molar-refractivity contribution in [3.8, 4) is 6.07 Å². The second kappa shape index (κ2) is 8.79. The van der Waals surface area contributed by atoms with E-state index in [1.807, 2.05) is 12.1 Å². The number of nitriles is 1. The predicted molar refractivity (Wildman–Crippen MR) is 105 cm³/mol. The second-order valence-corrected chi connectivity index (χ2v) is 6.09. The Morgan fingerprint density at radius 1 is 1.18 bits per heavy atom. The highest BCUT2D eigenvalue weighted by Gasteiger charge is 2.16. The zero-order valence-corrected chi connectivity index (χ0v) is 15.0. The zero-order chi connectivity index (χ0) is 19.9. The van der Waals surface area contributed by atoms with Gasteiger partial charge in [-0.25, -0.2) is 0 Å². The highest BCUT2D eigenvalue weighted by Crippen LogP contribution is 2.22. The number of para-hydroxylation sites is 1. The van der Waals surface area contributed by atoms with Crippen molar-refractivity contribution in [1.82, 2.24) is 0 Å². The Morgan fingerprint density at radius 2 is 1.86 bits per heavy atom. The minimum Gasteiger partial charge on any atom is -0.378 e. The lowest BCUT2D eigenvalue weighted by molar-refractivity contribution is -0.385. The van der Waals surface area contributed by atoms with Crippen molar-refractivity contribution >= 4 is 29.0 Å². The van der Waals surface area contributed by atoms with Crippen LogP contribution in [0.15, 0.2) is 54.1 Å². The number of nitro groups is 1. The molecular weight excluding hydrogens is 360 g/mol. The average Bonchev–Trinajstić information content (AvgIpc) is 2.73. The van der Waals surface area contributed by atoms with Crippen LogP contribution in [0.3, 0.4) is 0 Å². The number of benzene rings is 2. The molecule has 8 heteroatoms. The molecule has 2 aromatic carbocycles. The molecule has 142 valence electrons. The maximum absolute atomic E-state index is 12.4. The highest BCUT2D eigenvalue weighted by atomic mass is 16.6. The molecule has 0 atom stereocenters. The van der Waals surface area contributed by atoms with Crippen LogP contribution in [0.25, 0.3) is 6.08 Å². The molecule has 0 bridgehead atoms. The van der Waals surface area contributed by atoms with Gasteiger partial charge in [0.25, 0.3) is 11.6 Å². The van der Waals surface area contributed by atoms with Gasteiger partial charge in [0, 0.05) is 30.5 Å². The Balaban J connectivity index is 1.74. The molecule has 3 rings (SSSR count). The molecular formula is C20H18N4O4. The van der Waals surface area contributed by atoms with Crippen LogP contribution in [0.1, 0.15) is 5.56 Å². The third kappa shape index (κ3) is 4.52. The van der Waals surface area contributed by atoms with Gasteiger partial charge in [0.15, 0.2) is 0 Å². The van der Waals surface area contributed by atoms with Crippen LogP contribution in [-0.2, 0) is 9.53 Å². The Labute approximate surface area is 161 Å². The number of amides is 1. The number of hydrogen-bond acceptors (Lipinski definition) is 6.